The molecule has 0 saturated heterocycles. The minimum Gasteiger partial charge on any atom is -0.482 e. The van der Waals surface area contributed by atoms with Crippen LogP contribution in [0.1, 0.15) is 28.7 Å². The zero-order valence-electron chi connectivity index (χ0n) is 15.7. The van der Waals surface area contributed by atoms with E-state index in [-0.39, 0.29) is 18.1 Å². The summed E-state index contributed by atoms with van der Waals surface area (Å²) in [6, 6.07) is 9.15. The molecule has 0 saturated carbocycles. The molecule has 0 unspecified atom stereocenters. The van der Waals surface area contributed by atoms with Crippen molar-refractivity contribution in [2.24, 2.45) is 0 Å². The van der Waals surface area contributed by atoms with Crippen molar-refractivity contribution < 1.29 is 13.9 Å². The Bertz CT molecular complexity index is 1130. The molecule has 28 heavy (non-hydrogen) atoms. The zero-order valence-corrected chi connectivity index (χ0v) is 16.5. The van der Waals surface area contributed by atoms with Gasteiger partial charge >= 0.3 is 5.63 Å². The molecule has 1 N–H and O–H groups in total. The summed E-state index contributed by atoms with van der Waals surface area (Å²) in [5.74, 6) is 0.0161. The smallest absolute Gasteiger partial charge is 0.339 e. The van der Waals surface area contributed by atoms with Crippen LogP contribution in [-0.2, 0) is 17.6 Å². The summed E-state index contributed by atoms with van der Waals surface area (Å²) < 4.78 is 11.0. The first-order valence-corrected chi connectivity index (χ1v) is 9.57. The summed E-state index contributed by atoms with van der Waals surface area (Å²) in [5, 5.41) is 4.03. The zero-order chi connectivity index (χ0) is 19.8. The monoisotopic (exact) mass is 397 g/mol. The fourth-order valence-corrected chi connectivity index (χ4v) is 4.00. The number of carbonyl (C=O) groups excluding carboxylic acids is 1. The van der Waals surface area contributed by atoms with Gasteiger partial charge in [-0.2, -0.15) is 0 Å². The van der Waals surface area contributed by atoms with Crippen molar-refractivity contribution in [3.05, 3.63) is 68.0 Å². The lowest BCUT2D eigenvalue weighted by atomic mass is 10.1. The Morgan fingerprint density at radius 2 is 1.82 bits per heavy atom. The lowest BCUT2D eigenvalue weighted by Gasteiger charge is -2.11. The van der Waals surface area contributed by atoms with Crippen molar-refractivity contribution in [1.29, 1.82) is 0 Å². The highest BCUT2D eigenvalue weighted by atomic mass is 35.5. The maximum Gasteiger partial charge on any atom is 0.339 e. The Hall–Kier alpha value is -2.79. The lowest BCUT2D eigenvalue weighted by Crippen LogP contribution is -2.20. The van der Waals surface area contributed by atoms with E-state index in [2.05, 4.69) is 5.32 Å². The molecule has 5 nitrogen and oxygen atoms in total. The van der Waals surface area contributed by atoms with E-state index in [0.717, 1.165) is 52.6 Å². The number of halogens is 1. The number of hydrogen-bond donors (Lipinski definition) is 1. The third kappa shape index (κ3) is 3.62. The van der Waals surface area contributed by atoms with Gasteiger partial charge in [-0.3, -0.25) is 4.79 Å². The minimum atomic E-state index is -0.305. The number of anilines is 1. The maximum absolute atomic E-state index is 12.2. The molecule has 1 aliphatic carbocycles. The van der Waals surface area contributed by atoms with Crippen molar-refractivity contribution in [3.63, 3.8) is 0 Å². The number of rotatable bonds is 4. The molecule has 0 spiro atoms. The summed E-state index contributed by atoms with van der Waals surface area (Å²) >= 11 is 6.35. The average molecular weight is 398 g/mol. The third-order valence-electron chi connectivity index (χ3n) is 4.89. The molecule has 0 radical (unpaired) electrons. The molecule has 1 heterocycles. The SMILES string of the molecule is Cc1cc(C)cc(NC(=O)COc2cc3oc(=O)c4c(c3cc2Cl)CCC4)c1. The Balaban J connectivity index is 1.53. The van der Waals surface area contributed by atoms with Crippen LogP contribution < -0.4 is 15.7 Å². The molecular formula is C22H20ClNO4. The molecule has 0 bridgehead atoms. The van der Waals surface area contributed by atoms with Crippen LogP contribution in [0, 0.1) is 13.8 Å². The van der Waals surface area contributed by atoms with E-state index in [1.807, 2.05) is 32.0 Å². The second kappa shape index (κ2) is 7.32. The number of carbonyl (C=O) groups is 1. The number of nitrogens with one attached hydrogen (secondary N) is 1. The highest BCUT2D eigenvalue weighted by Gasteiger charge is 2.21. The second-order valence-corrected chi connectivity index (χ2v) is 7.60. The largest absolute Gasteiger partial charge is 0.482 e. The quantitative estimate of drug-likeness (QED) is 0.655. The highest BCUT2D eigenvalue weighted by Crippen LogP contribution is 2.34. The van der Waals surface area contributed by atoms with Gasteiger partial charge in [0.2, 0.25) is 0 Å². The van der Waals surface area contributed by atoms with E-state index in [0.29, 0.717) is 16.4 Å². The molecule has 0 aliphatic heterocycles. The van der Waals surface area contributed by atoms with Gasteiger partial charge < -0.3 is 14.5 Å². The average Bonchev–Trinajstić information content (AvgIpc) is 3.10. The summed E-state index contributed by atoms with van der Waals surface area (Å²) in [4.78, 5) is 24.4. The summed E-state index contributed by atoms with van der Waals surface area (Å²) in [6.45, 7) is 3.74. The van der Waals surface area contributed by atoms with Crippen molar-refractivity contribution in [2.45, 2.75) is 33.1 Å². The minimum absolute atomic E-state index is 0.201. The Morgan fingerprint density at radius 3 is 2.57 bits per heavy atom. The van der Waals surface area contributed by atoms with Crippen LogP contribution in [0.3, 0.4) is 0 Å². The summed E-state index contributed by atoms with van der Waals surface area (Å²) in [6.07, 6.45) is 2.52. The van der Waals surface area contributed by atoms with E-state index in [9.17, 15) is 9.59 Å². The van der Waals surface area contributed by atoms with Crippen molar-refractivity contribution >= 4 is 34.2 Å². The third-order valence-corrected chi connectivity index (χ3v) is 5.19. The topological polar surface area (TPSA) is 68.5 Å². The van der Waals surface area contributed by atoms with Gasteiger partial charge in [0.15, 0.2) is 6.61 Å². The molecule has 3 aromatic rings. The van der Waals surface area contributed by atoms with Crippen LogP contribution in [0.15, 0.2) is 39.5 Å². The van der Waals surface area contributed by atoms with Crippen LogP contribution in [0.2, 0.25) is 5.02 Å². The number of fused-ring (bicyclic) bond motifs is 3. The molecule has 0 fully saturated rings. The molecule has 144 valence electrons. The van der Waals surface area contributed by atoms with Gasteiger partial charge in [-0.25, -0.2) is 4.79 Å². The first kappa shape index (κ1) is 18.6. The van der Waals surface area contributed by atoms with Gasteiger partial charge in [-0.15, -0.1) is 0 Å². The van der Waals surface area contributed by atoms with Gasteiger partial charge in [0.05, 0.1) is 5.02 Å². The van der Waals surface area contributed by atoms with Gasteiger partial charge in [0.25, 0.3) is 5.91 Å². The summed E-state index contributed by atoms with van der Waals surface area (Å²) in [5.41, 5.74) is 4.72. The van der Waals surface area contributed by atoms with E-state index < -0.39 is 0 Å². The number of hydrogen-bond acceptors (Lipinski definition) is 4. The number of ether oxygens (including phenoxy) is 1. The van der Waals surface area contributed by atoms with Crippen LogP contribution in [0.5, 0.6) is 5.75 Å². The first-order valence-electron chi connectivity index (χ1n) is 9.20. The molecule has 1 aliphatic rings. The number of amides is 1. The molecule has 1 amide bonds. The van der Waals surface area contributed by atoms with Gasteiger partial charge in [0.1, 0.15) is 11.3 Å². The molecule has 6 heteroatoms. The second-order valence-electron chi connectivity index (χ2n) is 7.19. The normalized spacial score (nSPS) is 12.8. The Kier molecular flexibility index (Phi) is 4.85. The van der Waals surface area contributed by atoms with Gasteiger partial charge in [-0.05, 0) is 68.0 Å². The molecule has 4 rings (SSSR count). The molecule has 1 aromatic heterocycles. The first-order chi connectivity index (χ1) is 13.4. The molecular weight excluding hydrogens is 378 g/mol. The van der Waals surface area contributed by atoms with E-state index >= 15 is 0 Å². The summed E-state index contributed by atoms with van der Waals surface area (Å²) in [7, 11) is 0. The molecule has 2 aromatic carbocycles. The standard InChI is InChI=1S/C22H20ClNO4/c1-12-6-13(2)8-14(7-12)24-21(25)11-27-20-10-19-17(9-18(20)23)15-4-3-5-16(15)22(26)28-19/h6-10H,3-5,11H2,1-2H3,(H,24,25). The lowest BCUT2D eigenvalue weighted by molar-refractivity contribution is -0.118. The van der Waals surface area contributed by atoms with Gasteiger partial charge in [-0.1, -0.05) is 17.7 Å². The predicted molar refractivity (Wildman–Crippen MR) is 110 cm³/mol. The highest BCUT2D eigenvalue weighted by molar-refractivity contribution is 6.32. The predicted octanol–water partition coefficient (Wildman–Crippen LogP) is 4.57. The number of aryl methyl sites for hydroxylation is 3. The van der Waals surface area contributed by atoms with Gasteiger partial charge in [0, 0.05) is 22.7 Å². The van der Waals surface area contributed by atoms with Crippen LogP contribution in [0.4, 0.5) is 5.69 Å². The van der Waals surface area contributed by atoms with Crippen molar-refractivity contribution in [2.75, 3.05) is 11.9 Å². The van der Waals surface area contributed by atoms with Crippen LogP contribution >= 0.6 is 11.6 Å². The van der Waals surface area contributed by atoms with E-state index in [1.54, 1.807) is 12.1 Å². The van der Waals surface area contributed by atoms with Crippen LogP contribution in [-0.4, -0.2) is 12.5 Å². The fraction of sp³-hybridized carbons (Fsp3) is 0.273. The maximum atomic E-state index is 12.2. The Labute approximate surface area is 167 Å². The van der Waals surface area contributed by atoms with Crippen LogP contribution in [0.25, 0.3) is 11.0 Å². The number of benzene rings is 2. The molecule has 0 atom stereocenters. The van der Waals surface area contributed by atoms with Crippen molar-refractivity contribution in [1.82, 2.24) is 0 Å². The van der Waals surface area contributed by atoms with E-state index in [4.69, 9.17) is 20.8 Å². The fourth-order valence-electron chi connectivity index (χ4n) is 3.78. The Morgan fingerprint density at radius 1 is 1.11 bits per heavy atom. The van der Waals surface area contributed by atoms with Crippen molar-refractivity contribution in [3.8, 4) is 5.75 Å². The van der Waals surface area contributed by atoms with E-state index in [1.165, 1.54) is 0 Å².